The van der Waals surface area contributed by atoms with Gasteiger partial charge in [-0.1, -0.05) is 23.7 Å². The van der Waals surface area contributed by atoms with Gasteiger partial charge in [0.2, 0.25) is 0 Å². The fraction of sp³-hybridized carbons (Fsp3) is 0.538. The van der Waals surface area contributed by atoms with Gasteiger partial charge in [-0.3, -0.25) is 4.90 Å². The van der Waals surface area contributed by atoms with Crippen LogP contribution in [0.4, 0.5) is 0 Å². The van der Waals surface area contributed by atoms with E-state index < -0.39 is 0 Å². The van der Waals surface area contributed by atoms with Crippen molar-refractivity contribution < 1.29 is 0 Å². The van der Waals surface area contributed by atoms with Crippen LogP contribution in [0.5, 0.6) is 0 Å². The molecule has 0 amide bonds. The van der Waals surface area contributed by atoms with Crippen LogP contribution in [0.15, 0.2) is 24.3 Å². The van der Waals surface area contributed by atoms with Crippen LogP contribution in [-0.2, 0) is 6.54 Å². The van der Waals surface area contributed by atoms with E-state index in [-0.39, 0.29) is 5.54 Å². The number of benzene rings is 1. The zero-order chi connectivity index (χ0) is 12.3. The first-order valence-electron chi connectivity index (χ1n) is 5.90. The van der Waals surface area contributed by atoms with Crippen molar-refractivity contribution in [2.75, 3.05) is 25.1 Å². The molecule has 2 rings (SSSR count). The predicted molar refractivity (Wildman–Crippen MR) is 76.6 cm³/mol. The van der Waals surface area contributed by atoms with E-state index >= 15 is 0 Å². The van der Waals surface area contributed by atoms with Crippen LogP contribution in [0, 0.1) is 0 Å². The highest BCUT2D eigenvalue weighted by molar-refractivity contribution is 7.99. The number of nitrogens with zero attached hydrogens (tertiary/aromatic N) is 1. The maximum atomic E-state index is 5.97. The van der Waals surface area contributed by atoms with Crippen molar-refractivity contribution in [1.29, 1.82) is 0 Å². The second-order valence-corrected chi connectivity index (χ2v) is 6.26. The van der Waals surface area contributed by atoms with Gasteiger partial charge in [0, 0.05) is 29.4 Å². The van der Waals surface area contributed by atoms with Gasteiger partial charge in [-0.2, -0.15) is 11.8 Å². The SMILES string of the molecule is CN(Cc1ccc(Cl)cc1)C1(CN)CCSC1. The van der Waals surface area contributed by atoms with Crippen molar-refractivity contribution in [3.8, 4) is 0 Å². The second-order valence-electron chi connectivity index (χ2n) is 4.71. The number of hydrogen-bond donors (Lipinski definition) is 1. The van der Waals surface area contributed by atoms with E-state index in [9.17, 15) is 0 Å². The molecule has 4 heteroatoms. The summed E-state index contributed by atoms with van der Waals surface area (Å²) in [5.74, 6) is 2.37. The highest BCUT2D eigenvalue weighted by Crippen LogP contribution is 2.32. The maximum Gasteiger partial charge on any atom is 0.0430 e. The smallest absolute Gasteiger partial charge is 0.0430 e. The van der Waals surface area contributed by atoms with Crippen LogP contribution >= 0.6 is 23.4 Å². The summed E-state index contributed by atoms with van der Waals surface area (Å²) in [5, 5.41) is 0.793. The van der Waals surface area contributed by atoms with Crippen molar-refractivity contribution in [3.63, 3.8) is 0 Å². The van der Waals surface area contributed by atoms with Gasteiger partial charge in [0.25, 0.3) is 0 Å². The number of thioether (sulfide) groups is 1. The fourth-order valence-corrected chi connectivity index (χ4v) is 3.90. The van der Waals surface area contributed by atoms with E-state index in [1.165, 1.54) is 17.7 Å². The molecule has 17 heavy (non-hydrogen) atoms. The molecule has 0 saturated carbocycles. The Bertz CT molecular complexity index is 360. The second kappa shape index (κ2) is 5.61. The Morgan fingerprint density at radius 2 is 2.12 bits per heavy atom. The van der Waals surface area contributed by atoms with Gasteiger partial charge in [-0.15, -0.1) is 0 Å². The van der Waals surface area contributed by atoms with E-state index in [1.807, 2.05) is 23.9 Å². The molecular weight excluding hydrogens is 252 g/mol. The molecule has 0 radical (unpaired) electrons. The van der Waals surface area contributed by atoms with Crippen molar-refractivity contribution in [2.45, 2.75) is 18.5 Å². The zero-order valence-corrected chi connectivity index (χ0v) is 11.7. The molecule has 0 spiro atoms. The summed E-state index contributed by atoms with van der Waals surface area (Å²) in [6, 6.07) is 8.07. The normalized spacial score (nSPS) is 24.5. The first-order chi connectivity index (χ1) is 8.16. The summed E-state index contributed by atoms with van der Waals surface area (Å²) in [6.07, 6.45) is 1.19. The highest BCUT2D eigenvalue weighted by Gasteiger charge is 2.36. The quantitative estimate of drug-likeness (QED) is 0.912. The van der Waals surface area contributed by atoms with Gasteiger partial charge in [0.15, 0.2) is 0 Å². The largest absolute Gasteiger partial charge is 0.329 e. The molecule has 1 saturated heterocycles. The van der Waals surface area contributed by atoms with Gasteiger partial charge >= 0.3 is 0 Å². The van der Waals surface area contributed by atoms with Crippen LogP contribution in [0.3, 0.4) is 0 Å². The van der Waals surface area contributed by atoms with Gasteiger partial charge < -0.3 is 5.73 Å². The van der Waals surface area contributed by atoms with E-state index in [1.54, 1.807) is 0 Å². The van der Waals surface area contributed by atoms with Gasteiger partial charge in [-0.05, 0) is 36.9 Å². The van der Waals surface area contributed by atoms with Crippen LogP contribution in [0.25, 0.3) is 0 Å². The van der Waals surface area contributed by atoms with Crippen LogP contribution in [0.1, 0.15) is 12.0 Å². The zero-order valence-electron chi connectivity index (χ0n) is 10.2. The number of rotatable bonds is 4. The van der Waals surface area contributed by atoms with E-state index in [2.05, 4.69) is 24.1 Å². The van der Waals surface area contributed by atoms with Crippen LogP contribution < -0.4 is 5.73 Å². The Balaban J connectivity index is 2.05. The summed E-state index contributed by atoms with van der Waals surface area (Å²) in [4.78, 5) is 2.40. The summed E-state index contributed by atoms with van der Waals surface area (Å²) < 4.78 is 0. The highest BCUT2D eigenvalue weighted by atomic mass is 35.5. The maximum absolute atomic E-state index is 5.97. The Kier molecular flexibility index (Phi) is 4.36. The standard InChI is InChI=1S/C13H19ClN2S/c1-16(13(9-15)6-7-17-10-13)8-11-2-4-12(14)5-3-11/h2-5H,6-10,15H2,1H3. The van der Waals surface area contributed by atoms with Gasteiger partial charge in [0.1, 0.15) is 0 Å². The first kappa shape index (κ1) is 13.2. The fourth-order valence-electron chi connectivity index (χ4n) is 2.25. The molecule has 94 valence electrons. The molecule has 1 aromatic rings. The summed E-state index contributed by atoms with van der Waals surface area (Å²) in [6.45, 7) is 1.68. The third-order valence-corrected chi connectivity index (χ3v) is 5.09. The molecule has 1 aliphatic rings. The summed E-state index contributed by atoms with van der Waals surface area (Å²) in [5.41, 5.74) is 7.45. The van der Waals surface area contributed by atoms with E-state index in [0.29, 0.717) is 0 Å². The van der Waals surface area contributed by atoms with Gasteiger partial charge in [0.05, 0.1) is 0 Å². The lowest BCUT2D eigenvalue weighted by Crippen LogP contribution is -2.51. The number of nitrogens with two attached hydrogens (primary N) is 1. The minimum Gasteiger partial charge on any atom is -0.329 e. The molecule has 1 atom stereocenters. The summed E-state index contributed by atoms with van der Waals surface area (Å²) in [7, 11) is 2.17. The van der Waals surface area contributed by atoms with Crippen molar-refractivity contribution in [3.05, 3.63) is 34.9 Å². The molecule has 1 aromatic carbocycles. The molecule has 1 heterocycles. The molecule has 0 bridgehead atoms. The van der Waals surface area contributed by atoms with E-state index in [4.69, 9.17) is 17.3 Å². The molecule has 2 N–H and O–H groups in total. The monoisotopic (exact) mass is 270 g/mol. The van der Waals surface area contributed by atoms with Gasteiger partial charge in [-0.25, -0.2) is 0 Å². The lowest BCUT2D eigenvalue weighted by Gasteiger charge is -2.37. The average molecular weight is 271 g/mol. The lowest BCUT2D eigenvalue weighted by molar-refractivity contribution is 0.143. The van der Waals surface area contributed by atoms with E-state index in [0.717, 1.165) is 23.9 Å². The lowest BCUT2D eigenvalue weighted by atomic mass is 9.96. The molecule has 1 aliphatic heterocycles. The minimum absolute atomic E-state index is 0.185. The number of halogens is 1. The Labute approximate surface area is 113 Å². The third kappa shape index (κ3) is 2.97. The Morgan fingerprint density at radius 1 is 1.41 bits per heavy atom. The number of hydrogen-bond acceptors (Lipinski definition) is 3. The first-order valence-corrected chi connectivity index (χ1v) is 7.43. The molecule has 1 unspecified atom stereocenters. The third-order valence-electron chi connectivity index (χ3n) is 3.61. The molecule has 2 nitrogen and oxygen atoms in total. The predicted octanol–water partition coefficient (Wildman–Crippen LogP) is 2.61. The molecule has 0 aliphatic carbocycles. The topological polar surface area (TPSA) is 29.3 Å². The Morgan fingerprint density at radius 3 is 2.65 bits per heavy atom. The minimum atomic E-state index is 0.185. The van der Waals surface area contributed by atoms with Crippen molar-refractivity contribution in [1.82, 2.24) is 4.90 Å². The van der Waals surface area contributed by atoms with Crippen molar-refractivity contribution >= 4 is 23.4 Å². The molecular formula is C13H19ClN2S. The Hall–Kier alpha value is -0.220. The molecule has 0 aromatic heterocycles. The van der Waals surface area contributed by atoms with Crippen LogP contribution in [-0.4, -0.2) is 35.5 Å². The summed E-state index contributed by atoms with van der Waals surface area (Å²) >= 11 is 7.90. The number of likely N-dealkylation sites (N-methyl/N-ethyl adjacent to an activating group) is 1. The van der Waals surface area contributed by atoms with Crippen molar-refractivity contribution in [2.24, 2.45) is 5.73 Å². The molecule has 1 fully saturated rings. The van der Waals surface area contributed by atoms with Crippen LogP contribution in [0.2, 0.25) is 5.02 Å². The average Bonchev–Trinajstić information content (AvgIpc) is 2.82.